The third-order valence-electron chi connectivity index (χ3n) is 1.03. The van der Waals surface area contributed by atoms with Gasteiger partial charge in [-0.25, -0.2) is 0 Å². The maximum Gasteiger partial charge on any atom is 0.439 e. The predicted molar refractivity (Wildman–Crippen MR) is 36.9 cm³/mol. The van der Waals surface area contributed by atoms with E-state index in [1.54, 1.807) is 0 Å². The Labute approximate surface area is 69.4 Å². The molecule has 0 amide bonds. The van der Waals surface area contributed by atoms with Crippen molar-refractivity contribution in [1.29, 1.82) is 0 Å². The van der Waals surface area contributed by atoms with Crippen LogP contribution < -0.4 is 0 Å². The van der Waals surface area contributed by atoms with Crippen molar-refractivity contribution in [3.05, 3.63) is 25.3 Å². The van der Waals surface area contributed by atoms with Gasteiger partial charge in [0.2, 0.25) is 5.02 Å². The number of hydrogen-bond acceptors (Lipinski definition) is 5. The van der Waals surface area contributed by atoms with E-state index < -0.39 is 26.5 Å². The van der Waals surface area contributed by atoms with E-state index in [0.717, 1.165) is 0 Å². The average molecular weight is 193 g/mol. The molecule has 0 spiro atoms. The van der Waals surface area contributed by atoms with Crippen LogP contribution in [0.2, 0.25) is 5.02 Å². The molecule has 0 bridgehead atoms. The smallest absolute Gasteiger partial charge is 0.358 e. The monoisotopic (exact) mass is 192 g/mol. The van der Waals surface area contributed by atoms with Crippen LogP contribution in [0, 0.1) is 20.2 Å². The number of H-pyrrole nitrogens is 1. The minimum atomic E-state index is -0.911. The van der Waals surface area contributed by atoms with Crippen LogP contribution in [-0.2, 0) is 0 Å². The summed E-state index contributed by atoms with van der Waals surface area (Å²) in [5, 5.41) is 24.4. The van der Waals surface area contributed by atoms with E-state index in [9.17, 15) is 20.2 Å². The van der Waals surface area contributed by atoms with Gasteiger partial charge in [0.25, 0.3) is 0 Å². The second kappa shape index (κ2) is 2.74. The standard InChI is InChI=1S/C3HClN4O4/c4-1-2(7(9)10)5-6-3(1)8(11)12/h(H,5,6). The van der Waals surface area contributed by atoms with Crippen LogP contribution in [0.5, 0.6) is 0 Å². The summed E-state index contributed by atoms with van der Waals surface area (Å²) in [7, 11) is 0. The van der Waals surface area contributed by atoms with Crippen molar-refractivity contribution in [3.8, 4) is 0 Å². The van der Waals surface area contributed by atoms with E-state index in [1.165, 1.54) is 0 Å². The number of aromatic amines is 1. The normalized spacial score (nSPS) is 9.75. The third-order valence-corrected chi connectivity index (χ3v) is 1.38. The van der Waals surface area contributed by atoms with Gasteiger partial charge in [-0.15, -0.1) is 0 Å². The first kappa shape index (κ1) is 8.40. The van der Waals surface area contributed by atoms with E-state index in [-0.39, 0.29) is 0 Å². The van der Waals surface area contributed by atoms with Gasteiger partial charge in [-0.2, -0.15) is 0 Å². The second-order valence-electron chi connectivity index (χ2n) is 1.72. The molecule has 0 saturated carbocycles. The molecule has 1 aromatic heterocycles. The topological polar surface area (TPSA) is 115 Å². The molecule has 1 aromatic rings. The number of halogens is 1. The third kappa shape index (κ3) is 1.19. The lowest BCUT2D eigenvalue weighted by atomic mass is 10.6. The molecule has 0 aliphatic rings. The summed E-state index contributed by atoms with van der Waals surface area (Å²) in [6.07, 6.45) is 0. The molecule has 0 aromatic carbocycles. The van der Waals surface area contributed by atoms with Crippen LogP contribution in [0.1, 0.15) is 0 Å². The average Bonchev–Trinajstić information content (AvgIpc) is 2.30. The molecule has 8 nitrogen and oxygen atoms in total. The van der Waals surface area contributed by atoms with Crippen molar-refractivity contribution in [2.75, 3.05) is 0 Å². The molecule has 0 aliphatic carbocycles. The van der Waals surface area contributed by atoms with Gasteiger partial charge >= 0.3 is 11.6 Å². The summed E-state index contributed by atoms with van der Waals surface area (Å²) in [4.78, 5) is 18.4. The van der Waals surface area contributed by atoms with E-state index >= 15 is 0 Å². The van der Waals surface area contributed by atoms with E-state index in [4.69, 9.17) is 11.6 Å². The lowest BCUT2D eigenvalue weighted by Gasteiger charge is -1.87. The first-order chi connectivity index (χ1) is 5.54. The van der Waals surface area contributed by atoms with Gasteiger partial charge in [0.15, 0.2) is 0 Å². The first-order valence-electron chi connectivity index (χ1n) is 2.56. The van der Waals surface area contributed by atoms with Gasteiger partial charge in [0, 0.05) is 0 Å². The molecule has 1 heterocycles. The van der Waals surface area contributed by atoms with Crippen LogP contribution in [0.25, 0.3) is 0 Å². The Kier molecular flexibility index (Phi) is 1.92. The van der Waals surface area contributed by atoms with E-state index in [1.807, 2.05) is 5.10 Å². The van der Waals surface area contributed by atoms with Crippen LogP contribution in [-0.4, -0.2) is 20.0 Å². The van der Waals surface area contributed by atoms with Gasteiger partial charge in [-0.05, 0) is 14.9 Å². The lowest BCUT2D eigenvalue weighted by Crippen LogP contribution is -1.89. The number of nitro groups is 2. The molecular weight excluding hydrogens is 192 g/mol. The van der Waals surface area contributed by atoms with E-state index in [2.05, 4.69) is 5.10 Å². The van der Waals surface area contributed by atoms with Gasteiger partial charge in [0.1, 0.15) is 5.10 Å². The Morgan fingerprint density at radius 2 is 1.92 bits per heavy atom. The Hall–Kier alpha value is -1.70. The van der Waals surface area contributed by atoms with Crippen LogP contribution in [0.3, 0.4) is 0 Å². The summed E-state index contributed by atoms with van der Waals surface area (Å²) in [5.74, 6) is -1.42. The molecule has 9 heteroatoms. The summed E-state index contributed by atoms with van der Waals surface area (Å²) in [5.41, 5.74) is 0. The predicted octanol–water partition coefficient (Wildman–Crippen LogP) is 0.879. The molecule has 0 saturated heterocycles. The fraction of sp³-hybridized carbons (Fsp3) is 0. The number of aromatic nitrogens is 2. The highest BCUT2D eigenvalue weighted by Crippen LogP contribution is 2.29. The molecule has 12 heavy (non-hydrogen) atoms. The molecule has 64 valence electrons. The first-order valence-corrected chi connectivity index (χ1v) is 2.94. The van der Waals surface area contributed by atoms with Gasteiger partial charge in [-0.3, -0.25) is 0 Å². The van der Waals surface area contributed by atoms with Crippen molar-refractivity contribution in [3.63, 3.8) is 0 Å². The zero-order valence-electron chi connectivity index (χ0n) is 5.35. The number of hydrogen-bond donors (Lipinski definition) is 1. The number of nitrogens with one attached hydrogen (secondary N) is 1. The van der Waals surface area contributed by atoms with Crippen LogP contribution in [0.4, 0.5) is 11.6 Å². The minimum absolute atomic E-state index is 0.593. The highest BCUT2D eigenvalue weighted by atomic mass is 35.5. The Morgan fingerprint density at radius 1 is 1.33 bits per heavy atom. The quantitative estimate of drug-likeness (QED) is 0.552. The lowest BCUT2D eigenvalue weighted by molar-refractivity contribution is -0.393. The highest BCUT2D eigenvalue weighted by molar-refractivity contribution is 6.34. The van der Waals surface area contributed by atoms with Gasteiger partial charge < -0.3 is 20.2 Å². The van der Waals surface area contributed by atoms with Gasteiger partial charge in [0.05, 0.1) is 0 Å². The summed E-state index contributed by atoms with van der Waals surface area (Å²) in [6.45, 7) is 0. The Morgan fingerprint density at radius 3 is 2.17 bits per heavy atom. The Bertz CT molecular complexity index is 315. The summed E-state index contributed by atoms with van der Waals surface area (Å²) < 4.78 is 0. The van der Waals surface area contributed by atoms with Crippen molar-refractivity contribution >= 4 is 23.2 Å². The molecule has 0 aliphatic heterocycles. The summed E-state index contributed by atoms with van der Waals surface area (Å²) >= 11 is 5.24. The van der Waals surface area contributed by atoms with Gasteiger partial charge in [-0.1, -0.05) is 11.6 Å². The van der Waals surface area contributed by atoms with Crippen LogP contribution >= 0.6 is 11.6 Å². The number of rotatable bonds is 2. The van der Waals surface area contributed by atoms with Crippen molar-refractivity contribution < 1.29 is 9.85 Å². The SMILES string of the molecule is O=[N+]([O-])c1n[nH]c([N+](=O)[O-])c1Cl. The van der Waals surface area contributed by atoms with Crippen LogP contribution in [0.15, 0.2) is 0 Å². The maximum absolute atomic E-state index is 10.1. The summed E-state index contributed by atoms with van der Waals surface area (Å²) in [6, 6.07) is 0. The molecular formula is C3HClN4O4. The minimum Gasteiger partial charge on any atom is -0.358 e. The highest BCUT2D eigenvalue weighted by Gasteiger charge is 2.29. The Balaban J connectivity index is 3.22. The largest absolute Gasteiger partial charge is 0.439 e. The fourth-order valence-electron chi connectivity index (χ4n) is 0.552. The molecule has 0 radical (unpaired) electrons. The maximum atomic E-state index is 10.1. The zero-order valence-corrected chi connectivity index (χ0v) is 6.11. The number of nitrogens with zero attached hydrogens (tertiary/aromatic N) is 3. The van der Waals surface area contributed by atoms with Crippen molar-refractivity contribution in [2.45, 2.75) is 0 Å². The zero-order chi connectivity index (χ0) is 9.30. The molecule has 0 fully saturated rings. The second-order valence-corrected chi connectivity index (χ2v) is 2.10. The fourth-order valence-corrected chi connectivity index (χ4v) is 0.774. The van der Waals surface area contributed by atoms with Crippen molar-refractivity contribution in [2.24, 2.45) is 0 Å². The molecule has 1 N–H and O–H groups in total. The molecule has 0 unspecified atom stereocenters. The van der Waals surface area contributed by atoms with Crippen molar-refractivity contribution in [1.82, 2.24) is 10.2 Å². The van der Waals surface area contributed by atoms with E-state index in [0.29, 0.717) is 0 Å². The molecule has 1 rings (SSSR count). The molecule has 0 atom stereocenters.